The fraction of sp³-hybridized carbons (Fsp3) is 0.588. The number of hydrogen-bond donors (Lipinski definition) is 1. The van der Waals surface area contributed by atoms with Crippen LogP contribution in [0.3, 0.4) is 0 Å². The van der Waals surface area contributed by atoms with Crippen molar-refractivity contribution in [2.75, 3.05) is 32.8 Å². The first kappa shape index (κ1) is 21.2. The molecule has 0 spiro atoms. The van der Waals surface area contributed by atoms with Gasteiger partial charge in [0.2, 0.25) is 0 Å². The van der Waals surface area contributed by atoms with E-state index in [9.17, 15) is 4.79 Å². The number of hydrogen-bond acceptors (Lipinski definition) is 4. The van der Waals surface area contributed by atoms with Gasteiger partial charge in [-0.1, -0.05) is 30.3 Å². The molecule has 0 saturated carbocycles. The van der Waals surface area contributed by atoms with E-state index in [0.717, 1.165) is 39.0 Å². The normalized spacial score (nSPS) is 22.4. The molecule has 0 radical (unpaired) electrons. The van der Waals surface area contributed by atoms with Crippen LogP contribution in [-0.4, -0.2) is 60.6 Å². The summed E-state index contributed by atoms with van der Waals surface area (Å²) in [5, 5.41) is 0. The molecule has 5 nitrogen and oxygen atoms in total. The summed E-state index contributed by atoms with van der Waals surface area (Å²) in [5.41, 5.74) is 7.18. The van der Waals surface area contributed by atoms with Crippen molar-refractivity contribution in [3.05, 3.63) is 35.9 Å². The first-order valence-electron chi connectivity index (χ1n) is 8.14. The molecule has 1 unspecified atom stereocenters. The van der Waals surface area contributed by atoms with Crippen molar-refractivity contribution in [1.82, 2.24) is 9.80 Å². The fourth-order valence-electron chi connectivity index (χ4n) is 3.16. The predicted octanol–water partition coefficient (Wildman–Crippen LogP) is 1.68. The van der Waals surface area contributed by atoms with Crippen LogP contribution in [0.1, 0.15) is 18.4 Å². The standard InChI is InChI=1S/C17H25N3O2.2ClH/c18-15-6-8-20(9-7-15)17(21)16-13-19(10-11-22-16)12-14-4-2-1-3-5-14;;/h1-5,15-16H,6-13,18H2;2*1H. The molecule has 1 aromatic carbocycles. The Morgan fingerprint density at radius 3 is 2.46 bits per heavy atom. The summed E-state index contributed by atoms with van der Waals surface area (Å²) in [6.07, 6.45) is 1.46. The SMILES string of the molecule is Cl.Cl.NC1CCN(C(=O)C2CN(Cc3ccccc3)CCO2)CC1. The van der Waals surface area contributed by atoms with Crippen molar-refractivity contribution in [2.45, 2.75) is 31.5 Å². The van der Waals surface area contributed by atoms with E-state index in [1.54, 1.807) is 0 Å². The Hall–Kier alpha value is -0.850. The number of rotatable bonds is 3. The number of ether oxygens (including phenoxy) is 1. The Balaban J connectivity index is 0.00000144. The van der Waals surface area contributed by atoms with Gasteiger partial charge in [-0.2, -0.15) is 0 Å². The van der Waals surface area contributed by atoms with Crippen LogP contribution in [0.15, 0.2) is 30.3 Å². The van der Waals surface area contributed by atoms with Gasteiger partial charge in [-0.05, 0) is 18.4 Å². The summed E-state index contributed by atoms with van der Waals surface area (Å²) in [6, 6.07) is 10.6. The number of likely N-dealkylation sites (tertiary alicyclic amines) is 1. The Morgan fingerprint density at radius 1 is 1.12 bits per heavy atom. The van der Waals surface area contributed by atoms with Crippen LogP contribution in [0.5, 0.6) is 0 Å². The molecule has 3 rings (SSSR count). The van der Waals surface area contributed by atoms with Gasteiger partial charge >= 0.3 is 0 Å². The number of nitrogens with two attached hydrogens (primary N) is 1. The van der Waals surface area contributed by atoms with E-state index in [0.29, 0.717) is 13.2 Å². The largest absolute Gasteiger partial charge is 0.366 e. The van der Waals surface area contributed by atoms with Gasteiger partial charge < -0.3 is 15.4 Å². The average molecular weight is 376 g/mol. The summed E-state index contributed by atoms with van der Waals surface area (Å²) in [5.74, 6) is 0.129. The second kappa shape index (κ2) is 10.2. The van der Waals surface area contributed by atoms with Crippen molar-refractivity contribution < 1.29 is 9.53 Å². The zero-order valence-electron chi connectivity index (χ0n) is 13.8. The predicted molar refractivity (Wildman–Crippen MR) is 99.7 cm³/mol. The Labute approximate surface area is 156 Å². The van der Waals surface area contributed by atoms with E-state index in [-0.39, 0.29) is 42.9 Å². The van der Waals surface area contributed by atoms with E-state index in [1.807, 2.05) is 11.0 Å². The highest BCUT2D eigenvalue weighted by Crippen LogP contribution is 2.15. The molecule has 24 heavy (non-hydrogen) atoms. The van der Waals surface area contributed by atoms with Gasteiger partial charge in [-0.3, -0.25) is 9.69 Å². The Morgan fingerprint density at radius 2 is 1.79 bits per heavy atom. The molecule has 136 valence electrons. The number of morpholine rings is 1. The number of halogens is 2. The Kier molecular flexibility index (Phi) is 9.02. The number of carbonyl (C=O) groups excluding carboxylic acids is 1. The van der Waals surface area contributed by atoms with Crippen LogP contribution in [-0.2, 0) is 16.1 Å². The molecular formula is C17H27Cl2N3O2. The summed E-state index contributed by atoms with van der Waals surface area (Å²) in [7, 11) is 0. The Bertz CT molecular complexity index is 496. The topological polar surface area (TPSA) is 58.8 Å². The van der Waals surface area contributed by atoms with Gasteiger partial charge in [-0.15, -0.1) is 24.8 Å². The maximum atomic E-state index is 12.6. The highest BCUT2D eigenvalue weighted by Gasteiger charge is 2.31. The lowest BCUT2D eigenvalue weighted by atomic mass is 10.1. The first-order valence-corrected chi connectivity index (χ1v) is 8.14. The van der Waals surface area contributed by atoms with E-state index in [2.05, 4.69) is 29.2 Å². The quantitative estimate of drug-likeness (QED) is 0.872. The lowest BCUT2D eigenvalue weighted by Crippen LogP contribution is -2.53. The van der Waals surface area contributed by atoms with Crippen LogP contribution in [0.25, 0.3) is 0 Å². The van der Waals surface area contributed by atoms with Gasteiger partial charge in [0, 0.05) is 38.8 Å². The van der Waals surface area contributed by atoms with Gasteiger partial charge in [-0.25, -0.2) is 0 Å². The minimum Gasteiger partial charge on any atom is -0.366 e. The van der Waals surface area contributed by atoms with Crippen LogP contribution in [0.2, 0.25) is 0 Å². The minimum atomic E-state index is -0.327. The number of piperidine rings is 1. The van der Waals surface area contributed by atoms with E-state index < -0.39 is 0 Å². The van der Waals surface area contributed by atoms with Gasteiger partial charge in [0.05, 0.1) is 6.61 Å². The van der Waals surface area contributed by atoms with Crippen LogP contribution < -0.4 is 5.73 Å². The smallest absolute Gasteiger partial charge is 0.253 e. The third kappa shape index (κ3) is 5.60. The van der Waals surface area contributed by atoms with E-state index in [4.69, 9.17) is 10.5 Å². The molecule has 0 aromatic heterocycles. The van der Waals surface area contributed by atoms with Crippen LogP contribution >= 0.6 is 24.8 Å². The average Bonchev–Trinajstić information content (AvgIpc) is 2.56. The summed E-state index contributed by atoms with van der Waals surface area (Å²) in [4.78, 5) is 16.8. The molecule has 1 aromatic rings. The summed E-state index contributed by atoms with van der Waals surface area (Å²) in [6.45, 7) is 4.58. The van der Waals surface area contributed by atoms with Crippen LogP contribution in [0, 0.1) is 0 Å². The van der Waals surface area contributed by atoms with Crippen molar-refractivity contribution in [3.8, 4) is 0 Å². The minimum absolute atomic E-state index is 0. The van der Waals surface area contributed by atoms with E-state index >= 15 is 0 Å². The number of benzene rings is 1. The van der Waals surface area contributed by atoms with Gasteiger partial charge in [0.25, 0.3) is 5.91 Å². The summed E-state index contributed by atoms with van der Waals surface area (Å²) >= 11 is 0. The van der Waals surface area contributed by atoms with Crippen molar-refractivity contribution >= 4 is 30.7 Å². The molecule has 2 heterocycles. The molecule has 7 heteroatoms. The highest BCUT2D eigenvalue weighted by atomic mass is 35.5. The fourth-order valence-corrected chi connectivity index (χ4v) is 3.16. The molecule has 0 aliphatic carbocycles. The zero-order valence-corrected chi connectivity index (χ0v) is 15.4. The second-order valence-electron chi connectivity index (χ2n) is 6.24. The third-order valence-electron chi connectivity index (χ3n) is 4.53. The van der Waals surface area contributed by atoms with Crippen molar-refractivity contribution in [3.63, 3.8) is 0 Å². The number of amides is 1. The van der Waals surface area contributed by atoms with Crippen LogP contribution in [0.4, 0.5) is 0 Å². The third-order valence-corrected chi connectivity index (χ3v) is 4.53. The van der Waals surface area contributed by atoms with E-state index in [1.165, 1.54) is 5.56 Å². The zero-order chi connectivity index (χ0) is 15.4. The lowest BCUT2D eigenvalue weighted by Gasteiger charge is -2.37. The molecule has 2 fully saturated rings. The van der Waals surface area contributed by atoms with Crippen molar-refractivity contribution in [2.24, 2.45) is 5.73 Å². The molecule has 1 atom stereocenters. The molecular weight excluding hydrogens is 349 g/mol. The number of carbonyl (C=O) groups is 1. The van der Waals surface area contributed by atoms with Gasteiger partial charge in [0.15, 0.2) is 0 Å². The molecule has 0 bridgehead atoms. The monoisotopic (exact) mass is 375 g/mol. The highest BCUT2D eigenvalue weighted by molar-refractivity contribution is 5.85. The number of nitrogens with zero attached hydrogens (tertiary/aromatic N) is 2. The molecule has 2 N–H and O–H groups in total. The van der Waals surface area contributed by atoms with Gasteiger partial charge in [0.1, 0.15) is 6.10 Å². The molecule has 2 saturated heterocycles. The lowest BCUT2D eigenvalue weighted by molar-refractivity contribution is -0.150. The first-order chi connectivity index (χ1) is 10.7. The molecule has 1 amide bonds. The molecule has 2 aliphatic rings. The maximum absolute atomic E-state index is 12.6. The molecule has 2 aliphatic heterocycles. The summed E-state index contributed by atoms with van der Waals surface area (Å²) < 4.78 is 5.72. The van der Waals surface area contributed by atoms with Crippen molar-refractivity contribution in [1.29, 1.82) is 0 Å². The maximum Gasteiger partial charge on any atom is 0.253 e. The second-order valence-corrected chi connectivity index (χ2v) is 6.24.